The van der Waals surface area contributed by atoms with Crippen LogP contribution in [-0.2, 0) is 0 Å². The summed E-state index contributed by atoms with van der Waals surface area (Å²) in [6.07, 6.45) is 2.72. The van der Waals surface area contributed by atoms with Crippen LogP contribution in [0, 0.1) is 18.8 Å². The smallest absolute Gasteiger partial charge is 0.0329 e. The van der Waals surface area contributed by atoms with E-state index in [1.54, 1.807) is 0 Å². The fourth-order valence-electron chi connectivity index (χ4n) is 2.96. The number of fused-ring (bicyclic) bond motifs is 1. The first-order valence-electron chi connectivity index (χ1n) is 6.92. The van der Waals surface area contributed by atoms with Gasteiger partial charge in [0.05, 0.1) is 0 Å². The van der Waals surface area contributed by atoms with Crippen LogP contribution >= 0.6 is 0 Å². The van der Waals surface area contributed by atoms with Crippen molar-refractivity contribution in [1.82, 2.24) is 0 Å². The Bertz CT molecular complexity index is 569. The standard InChI is InChI=1S/C17H21N/c1-11-7-10-16(15-6-4-3-5-14(11)15)17(18)12(2)13-8-9-13/h3-7,10,12-13,17H,8-9,18H2,1-2H3. The molecule has 18 heavy (non-hydrogen) atoms. The number of aryl methyl sites for hydroxylation is 1. The first-order valence-corrected chi connectivity index (χ1v) is 6.92. The van der Waals surface area contributed by atoms with E-state index in [2.05, 4.69) is 50.2 Å². The van der Waals surface area contributed by atoms with Crippen molar-refractivity contribution in [3.63, 3.8) is 0 Å². The molecule has 0 heterocycles. The van der Waals surface area contributed by atoms with E-state index in [9.17, 15) is 0 Å². The number of hydrogen-bond acceptors (Lipinski definition) is 1. The molecule has 1 fully saturated rings. The van der Waals surface area contributed by atoms with E-state index >= 15 is 0 Å². The summed E-state index contributed by atoms with van der Waals surface area (Å²) in [7, 11) is 0. The Labute approximate surface area is 109 Å². The number of nitrogens with two attached hydrogens (primary N) is 1. The lowest BCUT2D eigenvalue weighted by molar-refractivity contribution is 0.419. The molecular weight excluding hydrogens is 218 g/mol. The third-order valence-corrected chi connectivity index (χ3v) is 4.47. The van der Waals surface area contributed by atoms with Gasteiger partial charge in [0.2, 0.25) is 0 Å². The van der Waals surface area contributed by atoms with Crippen molar-refractivity contribution >= 4 is 10.8 Å². The Morgan fingerprint density at radius 1 is 1.06 bits per heavy atom. The molecule has 0 saturated heterocycles. The average Bonchev–Trinajstić information content (AvgIpc) is 3.22. The van der Waals surface area contributed by atoms with Crippen molar-refractivity contribution in [3.8, 4) is 0 Å². The maximum atomic E-state index is 6.50. The second kappa shape index (κ2) is 4.40. The summed E-state index contributed by atoms with van der Waals surface area (Å²) < 4.78 is 0. The summed E-state index contributed by atoms with van der Waals surface area (Å²) in [5, 5.41) is 2.67. The van der Waals surface area contributed by atoms with Gasteiger partial charge in [-0.3, -0.25) is 0 Å². The monoisotopic (exact) mass is 239 g/mol. The lowest BCUT2D eigenvalue weighted by atomic mass is 9.87. The van der Waals surface area contributed by atoms with Crippen LogP contribution in [0.5, 0.6) is 0 Å². The van der Waals surface area contributed by atoms with Crippen LogP contribution in [0.4, 0.5) is 0 Å². The van der Waals surface area contributed by atoms with E-state index in [0.29, 0.717) is 5.92 Å². The molecule has 2 unspecified atom stereocenters. The Morgan fingerprint density at radius 3 is 2.39 bits per heavy atom. The molecule has 0 amide bonds. The van der Waals surface area contributed by atoms with Crippen LogP contribution in [0.25, 0.3) is 10.8 Å². The summed E-state index contributed by atoms with van der Waals surface area (Å²) in [4.78, 5) is 0. The fraction of sp³-hybridized carbons (Fsp3) is 0.412. The number of benzene rings is 2. The molecule has 0 radical (unpaired) electrons. The second-order valence-electron chi connectivity index (χ2n) is 5.74. The van der Waals surface area contributed by atoms with E-state index in [0.717, 1.165) is 5.92 Å². The molecular formula is C17H21N. The molecule has 0 spiro atoms. The zero-order valence-electron chi connectivity index (χ0n) is 11.2. The number of hydrogen-bond donors (Lipinski definition) is 1. The Hall–Kier alpha value is -1.34. The molecule has 0 aromatic heterocycles. The summed E-state index contributed by atoms with van der Waals surface area (Å²) in [5.74, 6) is 1.44. The van der Waals surface area contributed by atoms with E-state index in [4.69, 9.17) is 5.73 Å². The number of rotatable bonds is 3. The predicted octanol–water partition coefficient (Wildman–Crippen LogP) is 4.19. The van der Waals surface area contributed by atoms with Crippen molar-refractivity contribution in [1.29, 1.82) is 0 Å². The maximum Gasteiger partial charge on any atom is 0.0329 e. The zero-order valence-corrected chi connectivity index (χ0v) is 11.2. The lowest BCUT2D eigenvalue weighted by Gasteiger charge is -2.22. The van der Waals surface area contributed by atoms with Crippen LogP contribution in [-0.4, -0.2) is 0 Å². The minimum Gasteiger partial charge on any atom is -0.324 e. The van der Waals surface area contributed by atoms with Gasteiger partial charge in [0.25, 0.3) is 0 Å². The van der Waals surface area contributed by atoms with E-state index in [1.165, 1.54) is 34.7 Å². The first-order chi connectivity index (χ1) is 8.68. The van der Waals surface area contributed by atoms with E-state index in [-0.39, 0.29) is 6.04 Å². The quantitative estimate of drug-likeness (QED) is 0.853. The van der Waals surface area contributed by atoms with Crippen molar-refractivity contribution in [2.45, 2.75) is 32.7 Å². The largest absolute Gasteiger partial charge is 0.324 e. The molecule has 1 aliphatic rings. The average molecular weight is 239 g/mol. The highest BCUT2D eigenvalue weighted by Crippen LogP contribution is 2.42. The van der Waals surface area contributed by atoms with Gasteiger partial charge in [0, 0.05) is 6.04 Å². The Balaban J connectivity index is 2.08. The Morgan fingerprint density at radius 2 is 1.72 bits per heavy atom. The summed E-state index contributed by atoms with van der Waals surface area (Å²) in [6, 6.07) is 13.2. The highest BCUT2D eigenvalue weighted by Gasteiger charge is 2.32. The molecule has 1 nitrogen and oxygen atoms in total. The van der Waals surface area contributed by atoms with Gasteiger partial charge >= 0.3 is 0 Å². The molecule has 94 valence electrons. The van der Waals surface area contributed by atoms with Gasteiger partial charge in [0.1, 0.15) is 0 Å². The van der Waals surface area contributed by atoms with Crippen molar-refractivity contribution in [2.75, 3.05) is 0 Å². The summed E-state index contributed by atoms with van der Waals surface area (Å²) >= 11 is 0. The zero-order chi connectivity index (χ0) is 12.7. The molecule has 1 aliphatic carbocycles. The topological polar surface area (TPSA) is 26.0 Å². The van der Waals surface area contributed by atoms with Crippen molar-refractivity contribution < 1.29 is 0 Å². The van der Waals surface area contributed by atoms with Gasteiger partial charge < -0.3 is 5.73 Å². The normalized spacial score (nSPS) is 18.8. The second-order valence-corrected chi connectivity index (χ2v) is 5.74. The van der Waals surface area contributed by atoms with Gasteiger partial charge in [-0.25, -0.2) is 0 Å². The fourth-order valence-corrected chi connectivity index (χ4v) is 2.96. The van der Waals surface area contributed by atoms with Crippen LogP contribution in [0.2, 0.25) is 0 Å². The molecule has 0 bridgehead atoms. The molecule has 3 rings (SSSR count). The minimum atomic E-state index is 0.169. The van der Waals surface area contributed by atoms with Gasteiger partial charge in [0.15, 0.2) is 0 Å². The van der Waals surface area contributed by atoms with Gasteiger partial charge in [-0.15, -0.1) is 0 Å². The Kier molecular flexibility index (Phi) is 2.87. The minimum absolute atomic E-state index is 0.169. The van der Waals surface area contributed by atoms with Crippen LogP contribution in [0.1, 0.15) is 36.9 Å². The molecule has 2 aromatic rings. The lowest BCUT2D eigenvalue weighted by Crippen LogP contribution is -2.20. The molecule has 1 heteroatoms. The molecule has 2 N–H and O–H groups in total. The summed E-state index contributed by atoms with van der Waals surface area (Å²) in [6.45, 7) is 4.47. The molecule has 0 aliphatic heterocycles. The third-order valence-electron chi connectivity index (χ3n) is 4.47. The van der Waals surface area contributed by atoms with E-state index in [1.807, 2.05) is 0 Å². The molecule has 1 saturated carbocycles. The maximum absolute atomic E-state index is 6.50. The van der Waals surface area contributed by atoms with Gasteiger partial charge in [-0.1, -0.05) is 43.3 Å². The highest BCUT2D eigenvalue weighted by molar-refractivity contribution is 5.88. The molecule has 2 atom stereocenters. The van der Waals surface area contributed by atoms with Crippen LogP contribution in [0.3, 0.4) is 0 Å². The van der Waals surface area contributed by atoms with Crippen molar-refractivity contribution in [3.05, 3.63) is 47.5 Å². The van der Waals surface area contributed by atoms with Gasteiger partial charge in [-0.2, -0.15) is 0 Å². The molecule has 2 aromatic carbocycles. The van der Waals surface area contributed by atoms with Crippen molar-refractivity contribution in [2.24, 2.45) is 17.6 Å². The van der Waals surface area contributed by atoms with E-state index < -0.39 is 0 Å². The third kappa shape index (κ3) is 1.93. The van der Waals surface area contributed by atoms with Gasteiger partial charge in [-0.05, 0) is 53.5 Å². The summed E-state index contributed by atoms with van der Waals surface area (Å²) in [5.41, 5.74) is 9.14. The SMILES string of the molecule is Cc1ccc(C(N)C(C)C2CC2)c2ccccc12. The first kappa shape index (κ1) is 11.7. The van der Waals surface area contributed by atoms with Crippen LogP contribution < -0.4 is 5.73 Å². The highest BCUT2D eigenvalue weighted by atomic mass is 14.7. The van der Waals surface area contributed by atoms with Crippen LogP contribution in [0.15, 0.2) is 36.4 Å². The predicted molar refractivity (Wildman–Crippen MR) is 77.5 cm³/mol.